The van der Waals surface area contributed by atoms with Gasteiger partial charge in [0.15, 0.2) is 0 Å². The second-order valence-corrected chi connectivity index (χ2v) is 8.48. The molecule has 0 radical (unpaired) electrons. The Morgan fingerprint density at radius 3 is 2.61 bits per heavy atom. The van der Waals surface area contributed by atoms with Gasteiger partial charge in [-0.05, 0) is 63.1 Å². The van der Waals surface area contributed by atoms with E-state index in [1.54, 1.807) is 0 Å². The van der Waals surface area contributed by atoms with E-state index in [0.717, 1.165) is 25.6 Å². The molecule has 28 heavy (non-hydrogen) atoms. The molecule has 0 aromatic heterocycles. The maximum atomic E-state index is 6.29. The molecular formula is C26H45NO. The summed E-state index contributed by atoms with van der Waals surface area (Å²) >= 11 is 0. The minimum Gasteiger partial charge on any atom is -0.378 e. The standard InChI is InChI=1S/C26H45NO/c1-6-15-24(8-3)22-27(5)20-12-9-10-19-26(23(4)7-2)28-21-13-11-16-25-17-14-18-25/h6,8,14-15,17,23,25-26H,1,3,7,9-13,16,18-22H2,2,4-5H3. The summed E-state index contributed by atoms with van der Waals surface area (Å²) in [6, 6.07) is 0. The van der Waals surface area contributed by atoms with Crippen LogP contribution in [0.25, 0.3) is 0 Å². The molecule has 1 rings (SSSR count). The van der Waals surface area contributed by atoms with Crippen molar-refractivity contribution in [2.45, 2.75) is 77.7 Å². The molecule has 0 heterocycles. The third-order valence-electron chi connectivity index (χ3n) is 6.00. The van der Waals surface area contributed by atoms with Gasteiger partial charge in [-0.1, -0.05) is 83.1 Å². The summed E-state index contributed by atoms with van der Waals surface area (Å²) in [5.74, 6) is 1.52. The molecular weight excluding hydrogens is 342 g/mol. The van der Waals surface area contributed by atoms with Gasteiger partial charge >= 0.3 is 0 Å². The number of ether oxygens (including phenoxy) is 1. The highest BCUT2D eigenvalue weighted by atomic mass is 16.5. The van der Waals surface area contributed by atoms with Crippen molar-refractivity contribution in [1.29, 1.82) is 0 Å². The first-order chi connectivity index (χ1) is 13.6. The largest absolute Gasteiger partial charge is 0.378 e. The minimum absolute atomic E-state index is 0.439. The Kier molecular flexibility index (Phi) is 14.0. The van der Waals surface area contributed by atoms with Crippen LogP contribution in [0.2, 0.25) is 0 Å². The molecule has 3 unspecified atom stereocenters. The Morgan fingerprint density at radius 2 is 2.00 bits per heavy atom. The van der Waals surface area contributed by atoms with Crippen molar-refractivity contribution >= 4 is 0 Å². The Labute approximate surface area is 175 Å². The quantitative estimate of drug-likeness (QED) is 0.143. The van der Waals surface area contributed by atoms with Crippen LogP contribution in [0.5, 0.6) is 0 Å². The summed E-state index contributed by atoms with van der Waals surface area (Å²) in [6.45, 7) is 15.3. The fourth-order valence-electron chi connectivity index (χ4n) is 3.71. The zero-order valence-corrected chi connectivity index (χ0v) is 18.9. The lowest BCUT2D eigenvalue weighted by Gasteiger charge is -2.24. The van der Waals surface area contributed by atoms with Gasteiger partial charge in [0, 0.05) is 13.2 Å². The molecule has 0 spiro atoms. The Hall–Kier alpha value is -1.12. The molecule has 1 aliphatic carbocycles. The van der Waals surface area contributed by atoms with Crippen molar-refractivity contribution in [3.8, 4) is 0 Å². The summed E-state index contributed by atoms with van der Waals surface area (Å²) in [7, 11) is 2.19. The molecule has 0 aromatic carbocycles. The Morgan fingerprint density at radius 1 is 1.21 bits per heavy atom. The normalized spacial score (nSPS) is 18.7. The molecule has 160 valence electrons. The average molecular weight is 388 g/mol. The maximum absolute atomic E-state index is 6.29. The molecule has 0 bridgehead atoms. The third-order valence-corrected chi connectivity index (χ3v) is 6.00. The van der Waals surface area contributed by atoms with Crippen LogP contribution in [-0.2, 0) is 4.74 Å². The minimum atomic E-state index is 0.439. The van der Waals surface area contributed by atoms with Crippen molar-refractivity contribution < 1.29 is 4.74 Å². The van der Waals surface area contributed by atoms with Gasteiger partial charge < -0.3 is 9.64 Å². The number of rotatable bonds is 18. The van der Waals surface area contributed by atoms with Crippen LogP contribution in [0.4, 0.5) is 0 Å². The lowest BCUT2D eigenvalue weighted by Crippen LogP contribution is -2.23. The van der Waals surface area contributed by atoms with Gasteiger partial charge in [-0.2, -0.15) is 0 Å². The topological polar surface area (TPSA) is 12.5 Å². The van der Waals surface area contributed by atoms with Gasteiger partial charge in [-0.3, -0.25) is 0 Å². The molecule has 0 saturated carbocycles. The van der Waals surface area contributed by atoms with Crippen LogP contribution in [0, 0.1) is 11.8 Å². The Bertz CT molecular complexity index is 479. The van der Waals surface area contributed by atoms with Crippen molar-refractivity contribution in [3.05, 3.63) is 49.1 Å². The van der Waals surface area contributed by atoms with Crippen LogP contribution in [0.15, 0.2) is 49.1 Å². The first kappa shape index (κ1) is 24.9. The molecule has 1 aliphatic rings. The van der Waals surface area contributed by atoms with Crippen LogP contribution >= 0.6 is 0 Å². The summed E-state index contributed by atoms with van der Waals surface area (Å²) < 4.78 is 6.29. The molecule has 0 amide bonds. The zero-order valence-electron chi connectivity index (χ0n) is 18.9. The zero-order chi connectivity index (χ0) is 20.6. The molecule has 3 atom stereocenters. The number of nitrogens with zero attached hydrogens (tertiary/aromatic N) is 1. The van der Waals surface area contributed by atoms with E-state index in [0.29, 0.717) is 12.0 Å². The molecule has 0 N–H and O–H groups in total. The van der Waals surface area contributed by atoms with Crippen LogP contribution in [-0.4, -0.2) is 37.7 Å². The van der Waals surface area contributed by atoms with Crippen molar-refractivity contribution in [2.24, 2.45) is 11.8 Å². The predicted molar refractivity (Wildman–Crippen MR) is 125 cm³/mol. The second kappa shape index (κ2) is 15.8. The van der Waals surface area contributed by atoms with E-state index < -0.39 is 0 Å². The molecule has 2 heteroatoms. The lowest BCUT2D eigenvalue weighted by molar-refractivity contribution is 0.00686. The maximum Gasteiger partial charge on any atom is 0.0600 e. The van der Waals surface area contributed by atoms with Crippen molar-refractivity contribution in [3.63, 3.8) is 0 Å². The monoisotopic (exact) mass is 387 g/mol. The van der Waals surface area contributed by atoms with E-state index in [1.807, 2.05) is 18.2 Å². The van der Waals surface area contributed by atoms with E-state index >= 15 is 0 Å². The van der Waals surface area contributed by atoms with E-state index in [9.17, 15) is 0 Å². The summed E-state index contributed by atoms with van der Waals surface area (Å²) in [5, 5.41) is 0. The van der Waals surface area contributed by atoms with Gasteiger partial charge in [-0.25, -0.2) is 0 Å². The van der Waals surface area contributed by atoms with Gasteiger partial charge in [0.1, 0.15) is 0 Å². The van der Waals surface area contributed by atoms with E-state index in [-0.39, 0.29) is 0 Å². The van der Waals surface area contributed by atoms with Gasteiger partial charge in [-0.15, -0.1) is 0 Å². The highest BCUT2D eigenvalue weighted by Gasteiger charge is 2.16. The number of hydrogen-bond donors (Lipinski definition) is 0. The molecule has 0 fully saturated rings. The Balaban J connectivity index is 2.14. The lowest BCUT2D eigenvalue weighted by atomic mass is 9.90. The smallest absolute Gasteiger partial charge is 0.0600 e. The highest BCUT2D eigenvalue weighted by Crippen LogP contribution is 2.23. The number of likely N-dealkylation sites (N-methyl/N-ethyl adjacent to an activating group) is 1. The fourth-order valence-corrected chi connectivity index (χ4v) is 3.71. The molecule has 0 saturated heterocycles. The molecule has 0 aliphatic heterocycles. The third kappa shape index (κ3) is 11.0. The summed E-state index contributed by atoms with van der Waals surface area (Å²) in [6.07, 6.45) is 22.3. The predicted octanol–water partition coefficient (Wildman–Crippen LogP) is 6.95. The number of hydrogen-bond acceptors (Lipinski definition) is 2. The fraction of sp³-hybridized carbons (Fsp3) is 0.692. The first-order valence-corrected chi connectivity index (χ1v) is 11.5. The molecule has 2 nitrogen and oxygen atoms in total. The van der Waals surface area contributed by atoms with Crippen molar-refractivity contribution in [2.75, 3.05) is 26.7 Å². The van der Waals surface area contributed by atoms with Gasteiger partial charge in [0.2, 0.25) is 0 Å². The first-order valence-electron chi connectivity index (χ1n) is 11.5. The number of unbranched alkanes of at least 4 members (excludes halogenated alkanes) is 3. The van der Waals surface area contributed by atoms with Crippen molar-refractivity contribution in [1.82, 2.24) is 4.90 Å². The summed E-state index contributed by atoms with van der Waals surface area (Å²) in [4.78, 5) is 2.37. The number of allylic oxidation sites excluding steroid dienone is 4. The second-order valence-electron chi connectivity index (χ2n) is 8.48. The van der Waals surface area contributed by atoms with E-state index in [1.165, 1.54) is 63.4 Å². The molecule has 0 aromatic rings. The van der Waals surface area contributed by atoms with E-state index in [4.69, 9.17) is 4.74 Å². The van der Waals surface area contributed by atoms with Crippen LogP contribution < -0.4 is 0 Å². The van der Waals surface area contributed by atoms with Crippen LogP contribution in [0.1, 0.15) is 71.6 Å². The van der Waals surface area contributed by atoms with Crippen LogP contribution in [0.3, 0.4) is 0 Å². The van der Waals surface area contributed by atoms with Gasteiger partial charge in [0.05, 0.1) is 6.10 Å². The average Bonchev–Trinajstić information content (AvgIpc) is 2.66. The summed E-state index contributed by atoms with van der Waals surface area (Å²) in [5.41, 5.74) is 1.23. The highest BCUT2D eigenvalue weighted by molar-refractivity contribution is 5.22. The van der Waals surface area contributed by atoms with E-state index in [2.05, 4.69) is 51.1 Å². The van der Waals surface area contributed by atoms with Gasteiger partial charge in [0.25, 0.3) is 0 Å². The SMILES string of the molecule is C=CC=C(C=C)CN(C)CCCCCC(OCCCCC1C=CC1)C(C)CC.